The minimum Gasteiger partial charge on any atom is -0.366 e. The van der Waals surface area contributed by atoms with Gasteiger partial charge in [0.1, 0.15) is 6.04 Å². The SMILES string of the molecule is CC(C(=O)Nc1ccc(C(N)=O)cc1)n1nc(-c2cccnc2)ccc1=O. The van der Waals surface area contributed by atoms with Gasteiger partial charge in [-0.05, 0) is 49.4 Å². The predicted molar refractivity (Wildman–Crippen MR) is 100 cm³/mol. The van der Waals surface area contributed by atoms with Crippen molar-refractivity contribution in [1.29, 1.82) is 0 Å². The van der Waals surface area contributed by atoms with Crippen LogP contribution in [-0.2, 0) is 4.79 Å². The van der Waals surface area contributed by atoms with Crippen molar-refractivity contribution in [3.8, 4) is 11.3 Å². The molecule has 136 valence electrons. The van der Waals surface area contributed by atoms with Gasteiger partial charge in [-0.25, -0.2) is 4.68 Å². The summed E-state index contributed by atoms with van der Waals surface area (Å²) >= 11 is 0. The van der Waals surface area contributed by atoms with Gasteiger partial charge >= 0.3 is 0 Å². The second kappa shape index (κ2) is 7.61. The monoisotopic (exact) mass is 363 g/mol. The van der Waals surface area contributed by atoms with E-state index in [2.05, 4.69) is 15.4 Å². The van der Waals surface area contributed by atoms with E-state index < -0.39 is 23.4 Å². The number of primary amides is 1. The fourth-order valence-electron chi connectivity index (χ4n) is 2.45. The number of aromatic nitrogens is 3. The Morgan fingerprint density at radius 1 is 1.11 bits per heavy atom. The number of hydrogen-bond donors (Lipinski definition) is 2. The summed E-state index contributed by atoms with van der Waals surface area (Å²) in [6.07, 6.45) is 3.27. The Bertz CT molecular complexity index is 1030. The standard InChI is InChI=1S/C19H17N5O3/c1-12(19(27)22-15-6-4-13(5-7-15)18(20)26)24-17(25)9-8-16(23-24)14-3-2-10-21-11-14/h2-12H,1H3,(H2,20,26)(H,22,27). The molecule has 0 radical (unpaired) electrons. The highest BCUT2D eigenvalue weighted by Crippen LogP contribution is 2.15. The van der Waals surface area contributed by atoms with Gasteiger partial charge in [0.2, 0.25) is 11.8 Å². The summed E-state index contributed by atoms with van der Waals surface area (Å²) in [6.45, 7) is 1.58. The molecule has 0 spiro atoms. The first kappa shape index (κ1) is 18.0. The highest BCUT2D eigenvalue weighted by Gasteiger charge is 2.18. The van der Waals surface area contributed by atoms with Gasteiger partial charge in [-0.1, -0.05) is 0 Å². The zero-order valence-corrected chi connectivity index (χ0v) is 14.5. The maximum atomic E-state index is 12.5. The quantitative estimate of drug-likeness (QED) is 0.713. The minimum atomic E-state index is -0.843. The molecule has 0 saturated carbocycles. The topological polar surface area (TPSA) is 120 Å². The largest absolute Gasteiger partial charge is 0.366 e. The number of carbonyl (C=O) groups excluding carboxylic acids is 2. The van der Waals surface area contributed by atoms with E-state index in [-0.39, 0.29) is 0 Å². The van der Waals surface area contributed by atoms with Gasteiger partial charge in [-0.3, -0.25) is 19.4 Å². The third kappa shape index (κ3) is 4.06. The van der Waals surface area contributed by atoms with Gasteiger partial charge in [-0.15, -0.1) is 0 Å². The number of nitrogens with zero attached hydrogens (tertiary/aromatic N) is 3. The number of hydrogen-bond acceptors (Lipinski definition) is 5. The van der Waals surface area contributed by atoms with Gasteiger partial charge in [0, 0.05) is 35.3 Å². The fraction of sp³-hybridized carbons (Fsp3) is 0.105. The van der Waals surface area contributed by atoms with Crippen molar-refractivity contribution < 1.29 is 9.59 Å². The van der Waals surface area contributed by atoms with Crippen LogP contribution in [0.2, 0.25) is 0 Å². The Morgan fingerprint density at radius 3 is 2.48 bits per heavy atom. The van der Waals surface area contributed by atoms with Crippen molar-refractivity contribution in [3.63, 3.8) is 0 Å². The summed E-state index contributed by atoms with van der Waals surface area (Å²) in [7, 11) is 0. The molecular weight excluding hydrogens is 346 g/mol. The van der Waals surface area contributed by atoms with Crippen LogP contribution in [0, 0.1) is 0 Å². The number of nitrogens with two attached hydrogens (primary N) is 1. The number of nitrogens with one attached hydrogen (secondary N) is 1. The number of anilines is 1. The molecule has 1 unspecified atom stereocenters. The van der Waals surface area contributed by atoms with Crippen LogP contribution in [-0.4, -0.2) is 26.6 Å². The van der Waals surface area contributed by atoms with Crippen LogP contribution in [0.1, 0.15) is 23.3 Å². The maximum absolute atomic E-state index is 12.5. The summed E-state index contributed by atoms with van der Waals surface area (Å²) < 4.78 is 1.12. The van der Waals surface area contributed by atoms with Gasteiger partial charge in [-0.2, -0.15) is 5.10 Å². The molecule has 8 heteroatoms. The minimum absolute atomic E-state index is 0.336. The predicted octanol–water partition coefficient (Wildman–Crippen LogP) is 1.60. The van der Waals surface area contributed by atoms with Crippen molar-refractivity contribution in [3.05, 3.63) is 76.8 Å². The zero-order valence-electron chi connectivity index (χ0n) is 14.5. The molecule has 3 aromatic rings. The van der Waals surface area contributed by atoms with Crippen LogP contribution < -0.4 is 16.6 Å². The number of rotatable bonds is 5. The van der Waals surface area contributed by atoms with Gasteiger partial charge < -0.3 is 11.1 Å². The Labute approximate surface area is 154 Å². The van der Waals surface area contributed by atoms with E-state index in [0.29, 0.717) is 16.9 Å². The van der Waals surface area contributed by atoms with E-state index in [0.717, 1.165) is 10.2 Å². The van der Waals surface area contributed by atoms with Crippen LogP contribution in [0.4, 0.5) is 5.69 Å². The van der Waals surface area contributed by atoms with E-state index in [1.807, 2.05) is 6.07 Å². The normalized spacial score (nSPS) is 11.6. The first-order valence-corrected chi connectivity index (χ1v) is 8.16. The second-order valence-corrected chi connectivity index (χ2v) is 5.85. The van der Waals surface area contributed by atoms with Gasteiger partial charge in [0.15, 0.2) is 0 Å². The summed E-state index contributed by atoms with van der Waals surface area (Å²) in [5, 5.41) is 6.97. The highest BCUT2D eigenvalue weighted by atomic mass is 16.2. The molecule has 0 aliphatic rings. The number of carbonyl (C=O) groups is 2. The molecule has 2 heterocycles. The first-order valence-electron chi connectivity index (χ1n) is 8.16. The average Bonchev–Trinajstić information content (AvgIpc) is 2.69. The molecule has 3 rings (SSSR count). The molecule has 27 heavy (non-hydrogen) atoms. The van der Waals surface area contributed by atoms with E-state index >= 15 is 0 Å². The van der Waals surface area contributed by atoms with E-state index in [1.54, 1.807) is 43.6 Å². The van der Waals surface area contributed by atoms with E-state index in [4.69, 9.17) is 5.73 Å². The van der Waals surface area contributed by atoms with Crippen LogP contribution in [0.3, 0.4) is 0 Å². The lowest BCUT2D eigenvalue weighted by Crippen LogP contribution is -2.33. The molecule has 0 aliphatic heterocycles. The van der Waals surface area contributed by atoms with Gasteiger partial charge in [0.25, 0.3) is 5.56 Å². The Hall–Kier alpha value is -3.81. The highest BCUT2D eigenvalue weighted by molar-refractivity contribution is 5.95. The lowest BCUT2D eigenvalue weighted by Gasteiger charge is -2.15. The molecule has 1 atom stereocenters. The first-order chi connectivity index (χ1) is 13.0. The average molecular weight is 363 g/mol. The van der Waals surface area contributed by atoms with E-state index in [9.17, 15) is 14.4 Å². The molecule has 0 fully saturated rings. The summed E-state index contributed by atoms with van der Waals surface area (Å²) in [5.41, 5.74) is 6.89. The number of pyridine rings is 1. The van der Waals surface area contributed by atoms with E-state index in [1.165, 1.54) is 18.2 Å². The Balaban J connectivity index is 1.82. The third-order valence-electron chi connectivity index (χ3n) is 3.97. The Kier molecular flexibility index (Phi) is 5.07. The second-order valence-electron chi connectivity index (χ2n) is 5.85. The molecule has 3 N–H and O–H groups in total. The smallest absolute Gasteiger partial charge is 0.267 e. The Morgan fingerprint density at radius 2 is 1.85 bits per heavy atom. The molecule has 2 amide bonds. The van der Waals surface area contributed by atoms with Crippen molar-refractivity contribution in [1.82, 2.24) is 14.8 Å². The third-order valence-corrected chi connectivity index (χ3v) is 3.97. The molecule has 8 nitrogen and oxygen atoms in total. The molecule has 0 aliphatic carbocycles. The number of amides is 2. The fourth-order valence-corrected chi connectivity index (χ4v) is 2.45. The lowest BCUT2D eigenvalue weighted by atomic mass is 10.2. The maximum Gasteiger partial charge on any atom is 0.267 e. The summed E-state index contributed by atoms with van der Waals surface area (Å²) in [6, 6.07) is 11.8. The number of benzene rings is 1. The van der Waals surface area contributed by atoms with Crippen LogP contribution in [0.25, 0.3) is 11.3 Å². The molecule has 2 aromatic heterocycles. The van der Waals surface area contributed by atoms with Crippen molar-refractivity contribution in [2.75, 3.05) is 5.32 Å². The van der Waals surface area contributed by atoms with Crippen molar-refractivity contribution in [2.45, 2.75) is 13.0 Å². The summed E-state index contributed by atoms with van der Waals surface area (Å²) in [4.78, 5) is 39.8. The van der Waals surface area contributed by atoms with Gasteiger partial charge in [0.05, 0.1) is 5.69 Å². The molecule has 1 aromatic carbocycles. The summed E-state index contributed by atoms with van der Waals surface area (Å²) in [5.74, 6) is -0.969. The van der Waals surface area contributed by atoms with Crippen LogP contribution >= 0.6 is 0 Å². The van der Waals surface area contributed by atoms with Crippen molar-refractivity contribution >= 4 is 17.5 Å². The zero-order chi connectivity index (χ0) is 19.4. The molecular formula is C19H17N5O3. The van der Waals surface area contributed by atoms with Crippen molar-refractivity contribution in [2.24, 2.45) is 5.73 Å². The molecule has 0 bridgehead atoms. The molecule has 0 saturated heterocycles. The lowest BCUT2D eigenvalue weighted by molar-refractivity contribution is -0.119. The van der Waals surface area contributed by atoms with Crippen LogP contribution in [0.15, 0.2) is 65.7 Å². The van der Waals surface area contributed by atoms with Crippen LogP contribution in [0.5, 0.6) is 0 Å².